The van der Waals surface area contributed by atoms with E-state index >= 15 is 0 Å². The minimum absolute atomic E-state index is 0.0338. The maximum Gasteiger partial charge on any atom is 0.251 e. The molecule has 0 spiro atoms. The molecule has 1 fully saturated rings. The van der Waals surface area contributed by atoms with Crippen LogP contribution >= 0.6 is 38.9 Å². The number of anilines is 1. The molecular formula is C21H22BrClN4OS. The fraction of sp³-hybridized carbons (Fsp3) is 0.333. The summed E-state index contributed by atoms with van der Waals surface area (Å²) >= 11 is 11.4. The van der Waals surface area contributed by atoms with Crippen molar-refractivity contribution in [2.75, 3.05) is 44.2 Å². The molecule has 5 nitrogen and oxygen atoms in total. The van der Waals surface area contributed by atoms with Crippen molar-refractivity contribution >= 4 is 60.1 Å². The van der Waals surface area contributed by atoms with Crippen LogP contribution in [0.25, 0.3) is 10.2 Å². The Balaban J connectivity index is 1.27. The van der Waals surface area contributed by atoms with E-state index in [0.29, 0.717) is 12.1 Å². The van der Waals surface area contributed by atoms with Gasteiger partial charge in [-0.05, 0) is 42.8 Å². The lowest BCUT2D eigenvalue weighted by Gasteiger charge is -2.34. The number of nitrogens with zero attached hydrogens (tertiary/aromatic N) is 3. The Morgan fingerprint density at radius 3 is 2.79 bits per heavy atom. The molecule has 1 amide bonds. The third-order valence-electron chi connectivity index (χ3n) is 5.18. The maximum absolute atomic E-state index is 12.2. The van der Waals surface area contributed by atoms with Crippen LogP contribution in [0.3, 0.4) is 0 Å². The highest BCUT2D eigenvalue weighted by atomic mass is 79.9. The second-order valence-electron chi connectivity index (χ2n) is 7.11. The van der Waals surface area contributed by atoms with Gasteiger partial charge in [0.1, 0.15) is 0 Å². The molecule has 1 N–H and O–H groups in total. The number of carbonyl (C=O) groups excluding carboxylic acids is 1. The maximum atomic E-state index is 12.2. The molecule has 4 rings (SSSR count). The van der Waals surface area contributed by atoms with Crippen LogP contribution in [0.15, 0.2) is 40.9 Å². The third kappa shape index (κ3) is 4.74. The highest BCUT2D eigenvalue weighted by molar-refractivity contribution is 9.10. The molecule has 1 saturated heterocycles. The topological polar surface area (TPSA) is 48.5 Å². The predicted molar refractivity (Wildman–Crippen MR) is 124 cm³/mol. The van der Waals surface area contributed by atoms with E-state index in [9.17, 15) is 4.79 Å². The van der Waals surface area contributed by atoms with Gasteiger partial charge in [-0.2, -0.15) is 0 Å². The summed E-state index contributed by atoms with van der Waals surface area (Å²) in [4.78, 5) is 21.8. The number of rotatable bonds is 5. The largest absolute Gasteiger partial charge is 0.351 e. The van der Waals surface area contributed by atoms with Crippen molar-refractivity contribution in [2.24, 2.45) is 0 Å². The van der Waals surface area contributed by atoms with Gasteiger partial charge < -0.3 is 10.2 Å². The van der Waals surface area contributed by atoms with Gasteiger partial charge in [-0.1, -0.05) is 44.9 Å². The van der Waals surface area contributed by atoms with Crippen molar-refractivity contribution in [1.82, 2.24) is 15.2 Å². The van der Waals surface area contributed by atoms with Crippen LogP contribution in [-0.2, 0) is 0 Å². The van der Waals surface area contributed by atoms with E-state index in [-0.39, 0.29) is 5.91 Å². The summed E-state index contributed by atoms with van der Waals surface area (Å²) < 4.78 is 2.09. The number of nitrogens with one attached hydrogen (secondary N) is 1. The minimum Gasteiger partial charge on any atom is -0.351 e. The summed E-state index contributed by atoms with van der Waals surface area (Å²) in [7, 11) is 0. The van der Waals surface area contributed by atoms with Gasteiger partial charge in [0.05, 0.1) is 10.2 Å². The van der Waals surface area contributed by atoms with E-state index in [1.165, 1.54) is 4.70 Å². The standard InChI is InChI=1S/C21H22BrClN4OS/c1-14-17(23)5-6-18-19(14)25-21(29-18)27-11-9-26(10-12-27)8-7-24-20(28)15-3-2-4-16(22)13-15/h2-6,13H,7-12H2,1H3,(H,24,28). The van der Waals surface area contributed by atoms with Gasteiger partial charge in [-0.25, -0.2) is 4.98 Å². The summed E-state index contributed by atoms with van der Waals surface area (Å²) in [5.41, 5.74) is 2.73. The number of aromatic nitrogens is 1. The van der Waals surface area contributed by atoms with Crippen LogP contribution in [0.5, 0.6) is 0 Å². The number of aryl methyl sites for hydroxylation is 1. The third-order valence-corrected chi connectivity index (χ3v) is 7.16. The van der Waals surface area contributed by atoms with Crippen LogP contribution in [0.2, 0.25) is 5.02 Å². The number of amides is 1. The number of hydrogen-bond acceptors (Lipinski definition) is 5. The van der Waals surface area contributed by atoms with E-state index in [0.717, 1.165) is 58.4 Å². The van der Waals surface area contributed by atoms with Crippen molar-refractivity contribution in [3.8, 4) is 0 Å². The van der Waals surface area contributed by atoms with Gasteiger partial charge in [0.25, 0.3) is 5.91 Å². The first-order valence-corrected chi connectivity index (χ1v) is 11.6. The van der Waals surface area contributed by atoms with E-state index < -0.39 is 0 Å². The summed E-state index contributed by atoms with van der Waals surface area (Å²) in [6, 6.07) is 11.4. The monoisotopic (exact) mass is 492 g/mol. The Labute approximate surface area is 187 Å². The molecule has 8 heteroatoms. The average Bonchev–Trinajstić information content (AvgIpc) is 3.16. The number of carbonyl (C=O) groups is 1. The highest BCUT2D eigenvalue weighted by Gasteiger charge is 2.20. The van der Waals surface area contributed by atoms with Crippen molar-refractivity contribution in [2.45, 2.75) is 6.92 Å². The highest BCUT2D eigenvalue weighted by Crippen LogP contribution is 2.33. The minimum atomic E-state index is -0.0338. The molecule has 2 aromatic carbocycles. The zero-order valence-corrected chi connectivity index (χ0v) is 19.3. The first-order valence-electron chi connectivity index (χ1n) is 9.58. The zero-order valence-electron chi connectivity index (χ0n) is 16.1. The molecule has 0 atom stereocenters. The fourth-order valence-corrected chi connectivity index (χ4v) is 5.07. The van der Waals surface area contributed by atoms with Crippen molar-refractivity contribution in [3.05, 3.63) is 57.0 Å². The normalized spacial score (nSPS) is 15.1. The van der Waals surface area contributed by atoms with Crippen LogP contribution in [0.4, 0.5) is 5.13 Å². The lowest BCUT2D eigenvalue weighted by atomic mass is 10.2. The number of fused-ring (bicyclic) bond motifs is 1. The molecule has 1 aliphatic heterocycles. The first-order chi connectivity index (χ1) is 14.0. The van der Waals surface area contributed by atoms with E-state index in [2.05, 4.69) is 37.1 Å². The molecule has 0 unspecified atom stereocenters. The Bertz CT molecular complexity index is 1030. The van der Waals surface area contributed by atoms with Gasteiger partial charge >= 0.3 is 0 Å². The van der Waals surface area contributed by atoms with Crippen LogP contribution in [0.1, 0.15) is 15.9 Å². The number of thiazole rings is 1. The summed E-state index contributed by atoms with van der Waals surface area (Å²) in [5, 5.41) is 4.84. The van der Waals surface area contributed by atoms with Crippen LogP contribution < -0.4 is 10.2 Å². The van der Waals surface area contributed by atoms with Gasteiger partial charge in [0.2, 0.25) is 0 Å². The number of halogens is 2. The van der Waals surface area contributed by atoms with Crippen molar-refractivity contribution < 1.29 is 4.79 Å². The predicted octanol–water partition coefficient (Wildman–Crippen LogP) is 4.57. The van der Waals surface area contributed by atoms with Gasteiger partial charge in [0, 0.05) is 54.3 Å². The zero-order chi connectivity index (χ0) is 20.4. The lowest BCUT2D eigenvalue weighted by molar-refractivity contribution is 0.0947. The summed E-state index contributed by atoms with van der Waals surface area (Å²) in [6.07, 6.45) is 0. The second-order valence-corrected chi connectivity index (χ2v) is 9.44. The van der Waals surface area contributed by atoms with Crippen LogP contribution in [0, 0.1) is 6.92 Å². The smallest absolute Gasteiger partial charge is 0.251 e. The molecule has 0 radical (unpaired) electrons. The SMILES string of the molecule is Cc1c(Cl)ccc2sc(N3CCN(CCNC(=O)c4cccc(Br)c4)CC3)nc12. The Hall–Kier alpha value is -1.67. The molecule has 0 bridgehead atoms. The number of piperazine rings is 1. The first kappa shape index (κ1) is 20.6. The Kier molecular flexibility index (Phi) is 6.39. The molecule has 1 aliphatic rings. The van der Waals surface area contributed by atoms with E-state index in [1.807, 2.05) is 37.3 Å². The Morgan fingerprint density at radius 2 is 2.03 bits per heavy atom. The van der Waals surface area contributed by atoms with Gasteiger partial charge in [-0.3, -0.25) is 9.69 Å². The molecule has 0 aliphatic carbocycles. The van der Waals surface area contributed by atoms with Crippen LogP contribution in [-0.4, -0.2) is 55.1 Å². The van der Waals surface area contributed by atoms with Crippen molar-refractivity contribution in [3.63, 3.8) is 0 Å². The molecule has 29 heavy (non-hydrogen) atoms. The van der Waals surface area contributed by atoms with E-state index in [4.69, 9.17) is 16.6 Å². The molecule has 2 heterocycles. The molecular weight excluding hydrogens is 472 g/mol. The number of hydrogen-bond donors (Lipinski definition) is 1. The molecule has 152 valence electrons. The lowest BCUT2D eigenvalue weighted by Crippen LogP contribution is -2.48. The molecule has 3 aromatic rings. The van der Waals surface area contributed by atoms with Crippen molar-refractivity contribution in [1.29, 1.82) is 0 Å². The van der Waals surface area contributed by atoms with Gasteiger partial charge in [-0.15, -0.1) is 0 Å². The van der Waals surface area contributed by atoms with Gasteiger partial charge in [0.15, 0.2) is 5.13 Å². The molecule has 0 saturated carbocycles. The number of benzene rings is 2. The quantitative estimate of drug-likeness (QED) is 0.565. The summed E-state index contributed by atoms with van der Waals surface area (Å²) in [5.74, 6) is -0.0338. The average molecular weight is 494 g/mol. The van der Waals surface area contributed by atoms with E-state index in [1.54, 1.807) is 11.3 Å². The Morgan fingerprint density at radius 1 is 1.24 bits per heavy atom. The summed E-state index contributed by atoms with van der Waals surface area (Å²) in [6.45, 7) is 7.31. The molecule has 1 aromatic heterocycles. The second kappa shape index (κ2) is 9.00. The fourth-order valence-electron chi connectivity index (χ4n) is 3.45.